The Labute approximate surface area is 119 Å². The van der Waals surface area contributed by atoms with Crippen LogP contribution in [0.25, 0.3) is 0 Å². The maximum atomic E-state index is 10.4. The van der Waals surface area contributed by atoms with E-state index in [0.717, 1.165) is 29.9 Å². The van der Waals surface area contributed by atoms with E-state index in [0.29, 0.717) is 19.1 Å². The van der Waals surface area contributed by atoms with Crippen LogP contribution in [0, 0.1) is 5.92 Å². The molecule has 2 aliphatic rings. The molecule has 0 saturated carbocycles. The van der Waals surface area contributed by atoms with Gasteiger partial charge in [0.15, 0.2) is 11.5 Å². The third-order valence-electron chi connectivity index (χ3n) is 3.97. The van der Waals surface area contributed by atoms with Crippen molar-refractivity contribution in [1.29, 1.82) is 0 Å². The molecule has 0 aromatic heterocycles. The third kappa shape index (κ3) is 2.76. The summed E-state index contributed by atoms with van der Waals surface area (Å²) in [7, 11) is 0. The van der Waals surface area contributed by atoms with Gasteiger partial charge in [-0.25, -0.2) is 0 Å². The minimum atomic E-state index is -0.602. The average Bonchev–Trinajstić information content (AvgIpc) is 2.80. The summed E-state index contributed by atoms with van der Waals surface area (Å²) in [5.74, 6) is 1.85. The Hall–Kier alpha value is -1.26. The molecule has 4 atom stereocenters. The molecule has 1 aromatic carbocycles. The number of aliphatic hydroxyl groups excluding tert-OH is 1. The Morgan fingerprint density at radius 3 is 2.55 bits per heavy atom. The van der Waals surface area contributed by atoms with Gasteiger partial charge in [-0.1, -0.05) is 13.0 Å². The zero-order valence-electron chi connectivity index (χ0n) is 12.0. The lowest BCUT2D eigenvalue weighted by Crippen LogP contribution is -2.18. The number of ether oxygens (including phenoxy) is 3. The molecule has 3 rings (SSSR count). The molecule has 4 nitrogen and oxygen atoms in total. The van der Waals surface area contributed by atoms with Gasteiger partial charge in [0, 0.05) is 5.92 Å². The Bertz CT molecular complexity index is 474. The molecular formula is C16H22O4. The van der Waals surface area contributed by atoms with Crippen LogP contribution < -0.4 is 9.47 Å². The van der Waals surface area contributed by atoms with Crippen molar-refractivity contribution < 1.29 is 19.3 Å². The molecule has 0 spiro atoms. The van der Waals surface area contributed by atoms with E-state index in [2.05, 4.69) is 6.92 Å². The van der Waals surface area contributed by atoms with Crippen molar-refractivity contribution in [3.8, 4) is 11.5 Å². The molecule has 0 radical (unpaired) electrons. The average molecular weight is 278 g/mol. The number of hydrogen-bond acceptors (Lipinski definition) is 4. The number of aliphatic hydroxyl groups is 1. The van der Waals surface area contributed by atoms with E-state index in [9.17, 15) is 5.11 Å². The highest BCUT2D eigenvalue weighted by molar-refractivity contribution is 5.44. The number of fused-ring (bicyclic) bond motifs is 1. The zero-order chi connectivity index (χ0) is 14.1. The van der Waals surface area contributed by atoms with Gasteiger partial charge < -0.3 is 19.3 Å². The smallest absolute Gasteiger partial charge is 0.161 e. The van der Waals surface area contributed by atoms with E-state index in [4.69, 9.17) is 14.2 Å². The topological polar surface area (TPSA) is 47.9 Å². The van der Waals surface area contributed by atoms with Gasteiger partial charge in [-0.15, -0.1) is 0 Å². The minimum Gasteiger partial charge on any atom is -0.489 e. The van der Waals surface area contributed by atoms with Crippen molar-refractivity contribution in [3.05, 3.63) is 23.8 Å². The second-order valence-electron chi connectivity index (χ2n) is 5.94. The normalized spacial score (nSPS) is 30.9. The predicted octanol–water partition coefficient (Wildman–Crippen LogP) is 2.69. The summed E-state index contributed by atoms with van der Waals surface area (Å²) < 4.78 is 17.2. The van der Waals surface area contributed by atoms with Gasteiger partial charge in [-0.2, -0.15) is 0 Å². The largest absolute Gasteiger partial charge is 0.489 e. The molecule has 1 saturated heterocycles. The number of benzene rings is 1. The Kier molecular flexibility index (Phi) is 3.85. The fraction of sp³-hybridized carbons (Fsp3) is 0.625. The zero-order valence-corrected chi connectivity index (χ0v) is 12.0. The van der Waals surface area contributed by atoms with Crippen molar-refractivity contribution in [3.63, 3.8) is 0 Å². The van der Waals surface area contributed by atoms with Gasteiger partial charge in [0.05, 0.1) is 25.4 Å². The lowest BCUT2D eigenvalue weighted by molar-refractivity contribution is -0.0298. The van der Waals surface area contributed by atoms with Crippen LogP contribution in [0.2, 0.25) is 0 Å². The highest BCUT2D eigenvalue weighted by Crippen LogP contribution is 2.36. The third-order valence-corrected chi connectivity index (χ3v) is 3.97. The van der Waals surface area contributed by atoms with Gasteiger partial charge >= 0.3 is 0 Å². The molecule has 1 fully saturated rings. The Morgan fingerprint density at radius 1 is 1.10 bits per heavy atom. The summed E-state index contributed by atoms with van der Waals surface area (Å²) in [6.45, 7) is 5.44. The molecule has 20 heavy (non-hydrogen) atoms. The first-order chi connectivity index (χ1) is 9.63. The molecule has 2 heterocycles. The summed E-state index contributed by atoms with van der Waals surface area (Å²) in [4.78, 5) is 0. The van der Waals surface area contributed by atoms with Crippen LogP contribution in [-0.4, -0.2) is 30.5 Å². The van der Waals surface area contributed by atoms with Crippen LogP contribution in [0.15, 0.2) is 18.2 Å². The molecule has 4 unspecified atom stereocenters. The van der Waals surface area contributed by atoms with Crippen molar-refractivity contribution in [2.24, 2.45) is 5.92 Å². The molecule has 0 aliphatic carbocycles. The molecule has 110 valence electrons. The highest BCUT2D eigenvalue weighted by atomic mass is 16.5. The van der Waals surface area contributed by atoms with Crippen molar-refractivity contribution in [2.45, 2.75) is 45.0 Å². The van der Waals surface area contributed by atoms with Gasteiger partial charge in [-0.05, 0) is 37.5 Å². The molecular weight excluding hydrogens is 256 g/mol. The molecule has 0 bridgehead atoms. The summed E-state index contributed by atoms with van der Waals surface area (Å²) >= 11 is 0. The molecule has 1 aromatic rings. The SMILES string of the molecule is CC1COc2ccc(C(O)C3CCC(C)O3)cc2OC1. The van der Waals surface area contributed by atoms with Gasteiger partial charge in [-0.3, -0.25) is 0 Å². The first kappa shape index (κ1) is 13.7. The van der Waals surface area contributed by atoms with E-state index < -0.39 is 6.10 Å². The van der Waals surface area contributed by atoms with Crippen LogP contribution in [-0.2, 0) is 4.74 Å². The number of hydrogen-bond donors (Lipinski definition) is 1. The molecule has 1 N–H and O–H groups in total. The summed E-state index contributed by atoms with van der Waals surface area (Å²) in [5, 5.41) is 10.4. The molecule has 0 amide bonds. The Balaban J connectivity index is 1.78. The number of rotatable bonds is 2. The monoisotopic (exact) mass is 278 g/mol. The van der Waals surface area contributed by atoms with Crippen molar-refractivity contribution in [1.82, 2.24) is 0 Å². The Morgan fingerprint density at radius 2 is 1.85 bits per heavy atom. The van der Waals surface area contributed by atoms with Crippen LogP contribution in [0.5, 0.6) is 11.5 Å². The van der Waals surface area contributed by atoms with Crippen LogP contribution in [0.3, 0.4) is 0 Å². The first-order valence-electron chi connectivity index (χ1n) is 7.36. The summed E-state index contributed by atoms with van der Waals surface area (Å²) in [5.41, 5.74) is 0.834. The molecule has 2 aliphatic heterocycles. The molecule has 4 heteroatoms. The van der Waals surface area contributed by atoms with Crippen molar-refractivity contribution >= 4 is 0 Å². The van der Waals surface area contributed by atoms with E-state index in [1.54, 1.807) is 0 Å². The summed E-state index contributed by atoms with van der Waals surface area (Å²) in [6.07, 6.45) is 1.41. The lowest BCUT2D eigenvalue weighted by atomic mass is 10.0. The standard InChI is InChI=1S/C16H22O4/c1-10-8-18-13-6-4-12(7-15(13)19-9-10)16(17)14-5-3-11(2)20-14/h4,6-7,10-11,14,16-17H,3,5,8-9H2,1-2H3. The fourth-order valence-corrected chi connectivity index (χ4v) is 2.73. The van der Waals surface area contributed by atoms with E-state index in [-0.39, 0.29) is 12.2 Å². The van der Waals surface area contributed by atoms with E-state index in [1.165, 1.54) is 0 Å². The quantitative estimate of drug-likeness (QED) is 0.903. The highest BCUT2D eigenvalue weighted by Gasteiger charge is 2.30. The van der Waals surface area contributed by atoms with Crippen molar-refractivity contribution in [2.75, 3.05) is 13.2 Å². The maximum absolute atomic E-state index is 10.4. The summed E-state index contributed by atoms with van der Waals surface area (Å²) in [6, 6.07) is 5.66. The van der Waals surface area contributed by atoms with Crippen LogP contribution >= 0.6 is 0 Å². The fourth-order valence-electron chi connectivity index (χ4n) is 2.73. The maximum Gasteiger partial charge on any atom is 0.161 e. The van der Waals surface area contributed by atoms with Gasteiger partial charge in [0.25, 0.3) is 0 Å². The van der Waals surface area contributed by atoms with E-state index >= 15 is 0 Å². The van der Waals surface area contributed by atoms with Crippen LogP contribution in [0.4, 0.5) is 0 Å². The van der Waals surface area contributed by atoms with Gasteiger partial charge in [0.1, 0.15) is 6.10 Å². The van der Waals surface area contributed by atoms with Crippen LogP contribution in [0.1, 0.15) is 38.4 Å². The predicted molar refractivity (Wildman–Crippen MR) is 75.1 cm³/mol. The van der Waals surface area contributed by atoms with E-state index in [1.807, 2.05) is 25.1 Å². The second kappa shape index (κ2) is 5.62. The lowest BCUT2D eigenvalue weighted by Gasteiger charge is -2.19. The second-order valence-corrected chi connectivity index (χ2v) is 5.94. The minimum absolute atomic E-state index is 0.117. The van der Waals surface area contributed by atoms with Gasteiger partial charge in [0.2, 0.25) is 0 Å². The first-order valence-corrected chi connectivity index (χ1v) is 7.36.